The summed E-state index contributed by atoms with van der Waals surface area (Å²) in [6.07, 6.45) is 3.50. The first-order valence-corrected chi connectivity index (χ1v) is 3.92. The lowest BCUT2D eigenvalue weighted by Gasteiger charge is -2.07. The van der Waals surface area contributed by atoms with E-state index in [0.29, 0.717) is 0 Å². The molecule has 1 heterocycles. The van der Waals surface area contributed by atoms with Gasteiger partial charge in [0.15, 0.2) is 0 Å². The van der Waals surface area contributed by atoms with Crippen LogP contribution in [0.15, 0.2) is 30.6 Å². The van der Waals surface area contributed by atoms with Crippen LogP contribution in [0.5, 0.6) is 0 Å². The summed E-state index contributed by atoms with van der Waals surface area (Å²) in [5.74, 6) is -0.0370. The van der Waals surface area contributed by atoms with Gasteiger partial charge in [0.2, 0.25) is 5.91 Å². The van der Waals surface area contributed by atoms with Gasteiger partial charge in [-0.15, -0.1) is 12.4 Å². The molecule has 80 valence electrons. The standard InChI is InChI=1S/C5H5N.C4H10N2O.ClH/c1-2-4-6-5-3-1;1-4(7)5-6(2)3;/h1-5H;1-3H3,(H,5,7);1H. The summed E-state index contributed by atoms with van der Waals surface area (Å²) < 4.78 is 0. The molecule has 0 radical (unpaired) electrons. The van der Waals surface area contributed by atoms with E-state index in [-0.39, 0.29) is 18.3 Å². The van der Waals surface area contributed by atoms with Gasteiger partial charge in [-0.1, -0.05) is 6.07 Å². The summed E-state index contributed by atoms with van der Waals surface area (Å²) in [6.45, 7) is 1.47. The molecule has 1 N–H and O–H groups in total. The number of halogens is 1. The molecule has 0 unspecified atom stereocenters. The van der Waals surface area contributed by atoms with Crippen molar-refractivity contribution in [3.05, 3.63) is 30.6 Å². The Morgan fingerprint density at radius 2 is 1.71 bits per heavy atom. The zero-order valence-corrected chi connectivity index (χ0v) is 9.41. The Morgan fingerprint density at radius 1 is 1.21 bits per heavy atom. The predicted molar refractivity (Wildman–Crippen MR) is 59.0 cm³/mol. The molecule has 14 heavy (non-hydrogen) atoms. The van der Waals surface area contributed by atoms with Crippen LogP contribution in [0.1, 0.15) is 6.92 Å². The van der Waals surface area contributed by atoms with Crippen molar-refractivity contribution in [2.75, 3.05) is 14.1 Å². The van der Waals surface area contributed by atoms with Gasteiger partial charge in [0.1, 0.15) is 0 Å². The third-order valence-electron chi connectivity index (χ3n) is 0.948. The first-order chi connectivity index (χ1) is 6.13. The van der Waals surface area contributed by atoms with Crippen LogP contribution in [0.25, 0.3) is 0 Å². The Bertz CT molecular complexity index is 202. The fourth-order valence-electron chi connectivity index (χ4n) is 0.627. The largest absolute Gasteiger partial charge is 0.290 e. The normalized spacial score (nSPS) is 8.00. The van der Waals surface area contributed by atoms with Gasteiger partial charge in [-0.25, -0.2) is 5.01 Å². The topological polar surface area (TPSA) is 45.2 Å². The van der Waals surface area contributed by atoms with E-state index < -0.39 is 0 Å². The van der Waals surface area contributed by atoms with Crippen LogP contribution >= 0.6 is 12.4 Å². The molecule has 0 aliphatic carbocycles. The van der Waals surface area contributed by atoms with Crippen molar-refractivity contribution in [3.63, 3.8) is 0 Å². The van der Waals surface area contributed by atoms with E-state index in [4.69, 9.17) is 0 Å². The van der Waals surface area contributed by atoms with E-state index in [1.54, 1.807) is 31.5 Å². The average Bonchev–Trinajstić information content (AvgIpc) is 2.06. The van der Waals surface area contributed by atoms with Crippen molar-refractivity contribution < 1.29 is 4.79 Å². The average molecular weight is 218 g/mol. The molecule has 0 saturated heterocycles. The Hall–Kier alpha value is -1.13. The predicted octanol–water partition coefficient (Wildman–Crippen LogP) is 1.10. The molecule has 5 heteroatoms. The molecule has 0 aliphatic heterocycles. The second-order valence-electron chi connectivity index (χ2n) is 2.59. The molecule has 0 aliphatic rings. The van der Waals surface area contributed by atoms with Crippen molar-refractivity contribution in [2.45, 2.75) is 6.92 Å². The van der Waals surface area contributed by atoms with Crippen molar-refractivity contribution in [1.29, 1.82) is 0 Å². The van der Waals surface area contributed by atoms with E-state index in [0.717, 1.165) is 0 Å². The highest BCUT2D eigenvalue weighted by molar-refractivity contribution is 5.85. The fourth-order valence-corrected chi connectivity index (χ4v) is 0.627. The molecule has 0 atom stereocenters. The monoisotopic (exact) mass is 217 g/mol. The molecule has 0 aromatic carbocycles. The molecular formula is C9H16ClN3O. The highest BCUT2D eigenvalue weighted by Gasteiger charge is 1.87. The lowest BCUT2D eigenvalue weighted by molar-refractivity contribution is -0.122. The van der Waals surface area contributed by atoms with Gasteiger partial charge in [0.25, 0.3) is 0 Å². The lowest BCUT2D eigenvalue weighted by Crippen LogP contribution is -2.34. The van der Waals surface area contributed by atoms with Crippen LogP contribution in [0.2, 0.25) is 0 Å². The van der Waals surface area contributed by atoms with Gasteiger partial charge in [-0.3, -0.25) is 15.2 Å². The first kappa shape index (κ1) is 15.3. The molecule has 0 spiro atoms. The number of hydrogen-bond acceptors (Lipinski definition) is 3. The van der Waals surface area contributed by atoms with E-state index >= 15 is 0 Å². The number of hydrogen-bond donors (Lipinski definition) is 1. The molecule has 0 saturated carbocycles. The maximum Gasteiger partial charge on any atom is 0.231 e. The molecule has 0 fully saturated rings. The highest BCUT2D eigenvalue weighted by atomic mass is 35.5. The SMILES string of the molecule is CC(=O)NN(C)C.Cl.c1ccncc1. The van der Waals surface area contributed by atoms with Gasteiger partial charge >= 0.3 is 0 Å². The fraction of sp³-hybridized carbons (Fsp3) is 0.333. The Balaban J connectivity index is 0. The van der Waals surface area contributed by atoms with E-state index in [2.05, 4.69) is 10.4 Å². The first-order valence-electron chi connectivity index (χ1n) is 3.92. The van der Waals surface area contributed by atoms with Gasteiger partial charge in [0, 0.05) is 33.4 Å². The summed E-state index contributed by atoms with van der Waals surface area (Å²) in [6, 6.07) is 5.72. The number of amides is 1. The van der Waals surface area contributed by atoms with Gasteiger partial charge in [-0.05, 0) is 12.1 Å². The smallest absolute Gasteiger partial charge is 0.231 e. The summed E-state index contributed by atoms with van der Waals surface area (Å²) >= 11 is 0. The number of nitrogens with one attached hydrogen (secondary N) is 1. The third-order valence-corrected chi connectivity index (χ3v) is 0.948. The lowest BCUT2D eigenvalue weighted by atomic mass is 10.5. The number of carbonyl (C=O) groups excluding carboxylic acids is 1. The highest BCUT2D eigenvalue weighted by Crippen LogP contribution is 1.73. The molecule has 1 aromatic heterocycles. The Morgan fingerprint density at radius 3 is 1.79 bits per heavy atom. The van der Waals surface area contributed by atoms with Crippen molar-refractivity contribution >= 4 is 18.3 Å². The number of nitrogens with zero attached hydrogens (tertiary/aromatic N) is 2. The summed E-state index contributed by atoms with van der Waals surface area (Å²) in [5, 5.41) is 1.60. The van der Waals surface area contributed by atoms with Crippen molar-refractivity contribution in [1.82, 2.24) is 15.4 Å². The van der Waals surface area contributed by atoms with Crippen LogP contribution in [0.4, 0.5) is 0 Å². The summed E-state index contributed by atoms with van der Waals surface area (Å²) in [4.78, 5) is 13.9. The molecule has 4 nitrogen and oxygen atoms in total. The van der Waals surface area contributed by atoms with E-state index in [1.165, 1.54) is 6.92 Å². The van der Waals surface area contributed by atoms with Crippen LogP contribution in [0, 0.1) is 0 Å². The van der Waals surface area contributed by atoms with E-state index in [1.807, 2.05) is 18.2 Å². The number of pyridine rings is 1. The second kappa shape index (κ2) is 9.95. The minimum Gasteiger partial charge on any atom is -0.290 e. The van der Waals surface area contributed by atoms with Crippen LogP contribution < -0.4 is 5.43 Å². The zero-order valence-electron chi connectivity index (χ0n) is 8.60. The number of carbonyl (C=O) groups is 1. The maximum atomic E-state index is 10.1. The van der Waals surface area contributed by atoms with Crippen molar-refractivity contribution in [3.8, 4) is 0 Å². The van der Waals surface area contributed by atoms with Gasteiger partial charge in [0.05, 0.1) is 0 Å². The second-order valence-corrected chi connectivity index (χ2v) is 2.59. The number of rotatable bonds is 1. The minimum atomic E-state index is -0.0370. The third kappa shape index (κ3) is 13.5. The molecule has 1 aromatic rings. The van der Waals surface area contributed by atoms with Crippen molar-refractivity contribution in [2.24, 2.45) is 0 Å². The molecular weight excluding hydrogens is 202 g/mol. The summed E-state index contributed by atoms with van der Waals surface area (Å²) in [5.41, 5.74) is 2.50. The quantitative estimate of drug-likeness (QED) is 0.717. The summed E-state index contributed by atoms with van der Waals surface area (Å²) in [7, 11) is 3.53. The van der Waals surface area contributed by atoms with E-state index in [9.17, 15) is 4.79 Å². The molecule has 1 rings (SSSR count). The number of hydrazine groups is 1. The Labute approximate surface area is 90.7 Å². The van der Waals surface area contributed by atoms with Crippen LogP contribution in [0.3, 0.4) is 0 Å². The molecule has 1 amide bonds. The van der Waals surface area contributed by atoms with Gasteiger partial charge in [-0.2, -0.15) is 0 Å². The molecule has 0 bridgehead atoms. The number of aromatic nitrogens is 1. The minimum absolute atomic E-state index is 0. The maximum absolute atomic E-state index is 10.1. The van der Waals surface area contributed by atoms with Gasteiger partial charge < -0.3 is 0 Å². The van der Waals surface area contributed by atoms with Crippen LogP contribution in [-0.2, 0) is 4.79 Å². The zero-order chi connectivity index (χ0) is 10.1. The van der Waals surface area contributed by atoms with Crippen LogP contribution in [-0.4, -0.2) is 30.0 Å². The Kier molecular flexibility index (Phi) is 10.9.